The third-order valence-electron chi connectivity index (χ3n) is 3.47. The molecule has 4 N–H and O–H groups in total. The fraction of sp³-hybridized carbons (Fsp3) is 0.417. The summed E-state index contributed by atoms with van der Waals surface area (Å²) in [4.78, 5) is 44.4. The Morgan fingerprint density at radius 1 is 1.50 bits per heavy atom. The van der Waals surface area contributed by atoms with Crippen molar-refractivity contribution in [1.82, 2.24) is 15.4 Å². The van der Waals surface area contributed by atoms with Gasteiger partial charge >= 0.3 is 35.5 Å². The molecule has 0 aromatic carbocycles. The van der Waals surface area contributed by atoms with Crippen LogP contribution in [0.3, 0.4) is 0 Å². The molecule has 0 saturated carbocycles. The van der Waals surface area contributed by atoms with Crippen molar-refractivity contribution in [1.29, 1.82) is 0 Å². The third kappa shape index (κ3) is 5.18. The molecular formula is C12H16N5NaO8S2. The molecule has 2 rings (SSSR count). The van der Waals surface area contributed by atoms with E-state index in [-0.39, 0.29) is 47.5 Å². The molecule has 1 aromatic rings. The Balaban J connectivity index is 0.00000392. The number of β-lactam (4-membered cyclic amide) rings is 1. The number of nitrogens with one attached hydrogen (secondary N) is 1. The van der Waals surface area contributed by atoms with Gasteiger partial charge in [0, 0.05) is 5.38 Å². The minimum Gasteiger partial charge on any atom is -1.00 e. The van der Waals surface area contributed by atoms with Crippen molar-refractivity contribution in [3.05, 3.63) is 11.1 Å². The number of aromatic nitrogens is 1. The summed E-state index contributed by atoms with van der Waals surface area (Å²) in [7, 11) is -2.57. The van der Waals surface area contributed by atoms with Gasteiger partial charge < -0.3 is 16.7 Å². The molecule has 0 radical (unpaired) electrons. The van der Waals surface area contributed by atoms with Gasteiger partial charge in [-0.1, -0.05) is 5.16 Å². The van der Waals surface area contributed by atoms with Crippen LogP contribution in [-0.2, 0) is 34.1 Å². The Labute approximate surface area is 186 Å². The Hall–Kier alpha value is -1.78. The summed E-state index contributed by atoms with van der Waals surface area (Å²) in [6.07, 6.45) is -0.576. The van der Waals surface area contributed by atoms with Crippen LogP contribution in [0.25, 0.3) is 0 Å². The molecule has 0 bridgehead atoms. The van der Waals surface area contributed by atoms with Crippen LogP contribution in [0.1, 0.15) is 13.5 Å². The summed E-state index contributed by atoms with van der Waals surface area (Å²) in [6, 6.07) is -1.37. The van der Waals surface area contributed by atoms with E-state index in [1.54, 1.807) is 0 Å². The van der Waals surface area contributed by atoms with Gasteiger partial charge in [-0.05, 0) is 0 Å². The van der Waals surface area contributed by atoms with Gasteiger partial charge in [0.2, 0.25) is 0 Å². The van der Waals surface area contributed by atoms with Crippen molar-refractivity contribution in [3.63, 3.8) is 0 Å². The van der Waals surface area contributed by atoms with Crippen molar-refractivity contribution in [2.75, 3.05) is 20.0 Å². The molecule has 2 heterocycles. The maximum atomic E-state index is 12.4. The number of nitrogen functional groups attached to an aromatic ring is 1. The van der Waals surface area contributed by atoms with Crippen LogP contribution in [0.15, 0.2) is 10.5 Å². The van der Waals surface area contributed by atoms with Crippen LogP contribution >= 0.6 is 11.3 Å². The first kappa shape index (κ1) is 24.3. The molecule has 28 heavy (non-hydrogen) atoms. The quantitative estimate of drug-likeness (QED) is 0.0917. The molecule has 2 amide bonds. The van der Waals surface area contributed by atoms with Crippen molar-refractivity contribution < 1.29 is 67.9 Å². The number of hydrogen-bond donors (Lipinski definition) is 3. The molecule has 2 atom stereocenters. The Morgan fingerprint density at radius 3 is 2.61 bits per heavy atom. The number of carbonyl (C=O) groups is 3. The molecule has 1 aromatic heterocycles. The number of rotatable bonds is 7. The Bertz CT molecular complexity index is 908. The second-order valence-corrected chi connectivity index (χ2v) is 7.55. The van der Waals surface area contributed by atoms with Gasteiger partial charge in [0.1, 0.15) is 12.8 Å². The zero-order valence-corrected chi connectivity index (χ0v) is 18.6. The first-order valence-corrected chi connectivity index (χ1v) is 9.48. The van der Waals surface area contributed by atoms with Gasteiger partial charge in [-0.25, -0.2) is 9.99 Å². The van der Waals surface area contributed by atoms with Crippen molar-refractivity contribution in [3.8, 4) is 0 Å². The van der Waals surface area contributed by atoms with Gasteiger partial charge in [0.15, 0.2) is 16.1 Å². The zero-order valence-electron chi connectivity index (χ0n) is 16.0. The Kier molecular flexibility index (Phi) is 8.33. The minimum atomic E-state index is -4.80. The maximum Gasteiger partial charge on any atom is 1.00 e. The molecule has 0 spiro atoms. The number of carbonyl (C=O) groups excluding carboxylic acids is 3. The first-order valence-electron chi connectivity index (χ1n) is 7.09. The van der Waals surface area contributed by atoms with Gasteiger partial charge in [0.25, 0.3) is 21.9 Å². The van der Waals surface area contributed by atoms with E-state index in [9.17, 15) is 27.4 Å². The average molecular weight is 445 g/mol. The molecular weight excluding hydrogens is 429 g/mol. The third-order valence-corrected chi connectivity index (χ3v) is 5.30. The monoisotopic (exact) mass is 445 g/mol. The van der Waals surface area contributed by atoms with E-state index in [0.717, 1.165) is 18.4 Å². The molecule has 1 aliphatic heterocycles. The predicted molar refractivity (Wildman–Crippen MR) is 91.9 cm³/mol. The molecule has 1 saturated heterocycles. The number of oxime groups is 1. The normalized spacial score (nSPS) is 19.3. The number of hydrazine groups is 1. The number of thiazole rings is 1. The van der Waals surface area contributed by atoms with E-state index < -0.39 is 45.6 Å². The Morgan fingerprint density at radius 2 is 2.14 bits per heavy atom. The summed E-state index contributed by atoms with van der Waals surface area (Å²) in [5.74, 6) is -2.95. The van der Waals surface area contributed by atoms with Crippen LogP contribution in [-0.4, -0.2) is 72.0 Å². The van der Waals surface area contributed by atoms with Gasteiger partial charge in [-0.2, -0.15) is 8.42 Å². The molecule has 13 nitrogen and oxygen atoms in total. The first-order chi connectivity index (χ1) is 12.6. The molecule has 1 aliphatic rings. The van der Waals surface area contributed by atoms with Gasteiger partial charge in [0.05, 0.1) is 19.6 Å². The summed E-state index contributed by atoms with van der Waals surface area (Å²) in [5.41, 5.74) is 7.33. The number of esters is 1. The van der Waals surface area contributed by atoms with E-state index >= 15 is 0 Å². The molecule has 0 aliphatic carbocycles. The van der Waals surface area contributed by atoms with Gasteiger partial charge in [-0.3, -0.25) is 24.4 Å². The maximum absolute atomic E-state index is 12.4. The predicted octanol–water partition coefficient (Wildman–Crippen LogP) is -4.75. The molecule has 1 fully saturated rings. The number of hydrogen-bond acceptors (Lipinski definition) is 11. The fourth-order valence-electron chi connectivity index (χ4n) is 2.29. The minimum absolute atomic E-state index is 0. The summed E-state index contributed by atoms with van der Waals surface area (Å²) in [6.45, 7) is 0. The smallest absolute Gasteiger partial charge is 1.00 e. The average Bonchev–Trinajstić information content (AvgIpc) is 3.01. The second kappa shape index (κ2) is 9.62. The van der Waals surface area contributed by atoms with E-state index in [2.05, 4.69) is 25.1 Å². The SMILES string of the molecule is CON=C(C(=O)NN1C(=O)C(S(=O)(=O)O)C1CC(=O)OC)c1csc(N)n1.[H-].[Na+]. The van der Waals surface area contributed by atoms with Crippen LogP contribution in [0.4, 0.5) is 5.13 Å². The van der Waals surface area contributed by atoms with E-state index in [1.165, 1.54) is 12.5 Å². The van der Waals surface area contributed by atoms with Gasteiger partial charge in [-0.15, -0.1) is 11.3 Å². The largest absolute Gasteiger partial charge is 1.00 e. The summed E-state index contributed by atoms with van der Waals surface area (Å²) in [5, 5.41) is 3.76. The fourth-order valence-corrected chi connectivity index (χ4v) is 3.82. The second-order valence-electron chi connectivity index (χ2n) is 5.13. The number of amides is 2. The van der Waals surface area contributed by atoms with Crippen LogP contribution in [0.5, 0.6) is 0 Å². The van der Waals surface area contributed by atoms with Crippen molar-refractivity contribution in [2.45, 2.75) is 17.7 Å². The number of anilines is 1. The standard InChI is InChI=1S/C12H15N5O8S2.Na.H/c1-24-7(18)3-6-9(27(21,22)23)11(20)17(6)15-10(19)8(16-25-2)5-4-26-12(13)14-5;;/h4,6,9H,3H2,1-2H3,(H2,13,14)(H,15,19)(H,21,22,23);;/q;+1;-1. The van der Waals surface area contributed by atoms with E-state index in [0.29, 0.717) is 5.01 Å². The van der Waals surface area contributed by atoms with Crippen molar-refractivity contribution >= 4 is 50.1 Å². The van der Waals surface area contributed by atoms with Crippen LogP contribution < -0.4 is 40.7 Å². The summed E-state index contributed by atoms with van der Waals surface area (Å²) >= 11 is 1.03. The number of methoxy groups -OCH3 is 1. The molecule has 16 heteroatoms. The van der Waals surface area contributed by atoms with E-state index in [1.807, 2.05) is 0 Å². The van der Waals surface area contributed by atoms with Crippen molar-refractivity contribution in [2.24, 2.45) is 5.16 Å². The summed E-state index contributed by atoms with van der Waals surface area (Å²) < 4.78 is 36.4. The number of nitrogens with two attached hydrogens (primary N) is 1. The number of nitrogens with zero attached hydrogens (tertiary/aromatic N) is 3. The molecule has 2 unspecified atom stereocenters. The topological polar surface area (TPSA) is 191 Å². The van der Waals surface area contributed by atoms with E-state index in [4.69, 9.17) is 5.73 Å². The molecule has 150 valence electrons. The van der Waals surface area contributed by atoms with Crippen LogP contribution in [0.2, 0.25) is 0 Å². The zero-order chi connectivity index (χ0) is 20.4. The van der Waals surface area contributed by atoms with Crippen LogP contribution in [0, 0.1) is 0 Å². The number of ether oxygens (including phenoxy) is 1.